The van der Waals surface area contributed by atoms with Crippen LogP contribution in [0, 0.1) is 5.92 Å². The van der Waals surface area contributed by atoms with Crippen molar-refractivity contribution in [3.05, 3.63) is 47.5 Å². The van der Waals surface area contributed by atoms with Gasteiger partial charge in [-0.1, -0.05) is 26.0 Å². The molecule has 0 spiro atoms. The number of rotatable bonds is 7. The number of hydrogen-bond donors (Lipinski definition) is 1. The summed E-state index contributed by atoms with van der Waals surface area (Å²) < 4.78 is 17.6. The van der Waals surface area contributed by atoms with Crippen LogP contribution in [0.3, 0.4) is 0 Å². The lowest BCUT2D eigenvalue weighted by Gasteiger charge is -2.30. The van der Waals surface area contributed by atoms with Gasteiger partial charge in [-0.05, 0) is 50.7 Å². The fourth-order valence-corrected chi connectivity index (χ4v) is 7.34. The van der Waals surface area contributed by atoms with Crippen molar-refractivity contribution in [1.29, 1.82) is 0 Å². The van der Waals surface area contributed by atoms with Gasteiger partial charge in [0.05, 0.1) is 31.5 Å². The van der Waals surface area contributed by atoms with Gasteiger partial charge in [0.2, 0.25) is 5.91 Å². The van der Waals surface area contributed by atoms with Crippen molar-refractivity contribution >= 4 is 40.1 Å². The van der Waals surface area contributed by atoms with Crippen LogP contribution in [0.1, 0.15) is 64.5 Å². The topological polar surface area (TPSA) is 123 Å². The van der Waals surface area contributed by atoms with Crippen molar-refractivity contribution < 1.29 is 28.6 Å². The Labute approximate surface area is 279 Å². The summed E-state index contributed by atoms with van der Waals surface area (Å²) in [6.45, 7) is 6.96. The summed E-state index contributed by atoms with van der Waals surface area (Å²) in [6.07, 6.45) is 6.90. The molecule has 1 saturated heterocycles. The molecular formula is C35H43N5O6S. The van der Waals surface area contributed by atoms with E-state index in [9.17, 15) is 14.4 Å². The summed E-state index contributed by atoms with van der Waals surface area (Å²) in [7, 11) is 3.38. The predicted molar refractivity (Wildman–Crippen MR) is 180 cm³/mol. The van der Waals surface area contributed by atoms with Crippen molar-refractivity contribution in [1.82, 2.24) is 25.1 Å². The molecule has 0 unspecified atom stereocenters. The Morgan fingerprint density at radius 2 is 2.02 bits per heavy atom. The maximum Gasteiger partial charge on any atom is 0.332 e. The Balaban J connectivity index is 1.32. The van der Waals surface area contributed by atoms with E-state index in [4.69, 9.17) is 24.2 Å². The first-order valence-electron chi connectivity index (χ1n) is 16.4. The number of methoxy groups -OCH3 is 1. The number of thiazole rings is 1. The minimum Gasteiger partial charge on any atom is -0.497 e. The molecule has 0 radical (unpaired) electrons. The number of hydrogen-bond acceptors (Lipinski definition) is 9. The van der Waals surface area contributed by atoms with Gasteiger partial charge in [0.25, 0.3) is 0 Å². The Morgan fingerprint density at radius 3 is 2.77 bits per heavy atom. The van der Waals surface area contributed by atoms with Crippen molar-refractivity contribution in [3.63, 3.8) is 0 Å². The normalized spacial score (nSPS) is 25.5. The number of fused-ring (bicyclic) bond motifs is 3. The zero-order valence-electron chi connectivity index (χ0n) is 27.7. The molecule has 4 atom stereocenters. The van der Waals surface area contributed by atoms with Gasteiger partial charge >= 0.3 is 12.0 Å². The molecule has 1 aromatic carbocycles. The lowest BCUT2D eigenvalue weighted by Crippen LogP contribution is -2.55. The van der Waals surface area contributed by atoms with Gasteiger partial charge in [-0.2, -0.15) is 0 Å². The molecule has 2 aromatic heterocycles. The molecule has 12 heteroatoms. The largest absolute Gasteiger partial charge is 0.497 e. The quantitative estimate of drug-likeness (QED) is 0.259. The van der Waals surface area contributed by atoms with E-state index in [1.54, 1.807) is 30.9 Å². The third kappa shape index (κ3) is 6.65. The minimum absolute atomic E-state index is 0.144. The number of nitrogens with one attached hydrogen (secondary N) is 1. The standard InChI is InChI=1S/C35H43N5O6S/c1-6-45-33(42)35-18-22(35)11-9-7-8-10-14-39(4)34(43)40-19-24(16-29(40)31(41)38-35)46-30-17-27(32-37-28(20-47-32)21(2)3)36-26-15-23(44-5)12-13-25(26)30/h9,11-13,15,17,20-22,24,29H,6-8,10,14,16,18-19H2,1-5H3,(H,38,41)/b11-9-/t22-,24+,29-,35+/m0/s1. The fraction of sp³-hybridized carbons (Fsp3) is 0.514. The summed E-state index contributed by atoms with van der Waals surface area (Å²) in [6, 6.07) is 6.44. The Morgan fingerprint density at radius 1 is 1.19 bits per heavy atom. The van der Waals surface area contributed by atoms with Crippen molar-refractivity contribution in [3.8, 4) is 22.2 Å². The molecule has 4 heterocycles. The maximum atomic E-state index is 14.0. The molecule has 2 aliphatic heterocycles. The van der Waals surface area contributed by atoms with E-state index >= 15 is 0 Å². The first-order valence-corrected chi connectivity index (χ1v) is 17.3. The molecule has 1 saturated carbocycles. The predicted octanol–water partition coefficient (Wildman–Crippen LogP) is 5.54. The van der Waals surface area contributed by atoms with Crippen molar-refractivity contribution in [2.75, 3.05) is 33.9 Å². The molecule has 0 bridgehead atoms. The first kappa shape index (κ1) is 32.7. The highest BCUT2D eigenvalue weighted by Crippen LogP contribution is 2.46. The second-order valence-corrected chi connectivity index (χ2v) is 13.7. The van der Waals surface area contributed by atoms with Crippen LogP contribution in [0.15, 0.2) is 41.8 Å². The van der Waals surface area contributed by atoms with E-state index in [1.807, 2.05) is 35.7 Å². The lowest BCUT2D eigenvalue weighted by molar-refractivity contribution is -0.149. The van der Waals surface area contributed by atoms with E-state index in [1.165, 1.54) is 11.3 Å². The molecule has 47 heavy (non-hydrogen) atoms. The van der Waals surface area contributed by atoms with Gasteiger partial charge in [0, 0.05) is 48.8 Å². The number of benzene rings is 1. The monoisotopic (exact) mass is 661 g/mol. The van der Waals surface area contributed by atoms with Crippen molar-refractivity contribution in [2.24, 2.45) is 5.92 Å². The highest BCUT2D eigenvalue weighted by molar-refractivity contribution is 7.13. The number of amides is 3. The maximum absolute atomic E-state index is 14.0. The Kier molecular flexibility index (Phi) is 9.41. The summed E-state index contributed by atoms with van der Waals surface area (Å²) in [5.41, 5.74) is 1.23. The highest BCUT2D eigenvalue weighted by atomic mass is 32.1. The number of esters is 1. The summed E-state index contributed by atoms with van der Waals surface area (Å²) in [5, 5.41) is 6.62. The highest BCUT2D eigenvalue weighted by Gasteiger charge is 2.62. The van der Waals surface area contributed by atoms with Gasteiger partial charge < -0.3 is 29.3 Å². The van der Waals surface area contributed by atoms with E-state index in [0.29, 0.717) is 35.7 Å². The molecule has 6 rings (SSSR count). The van der Waals surface area contributed by atoms with Crippen LogP contribution in [0.4, 0.5) is 4.79 Å². The van der Waals surface area contributed by atoms with Gasteiger partial charge in [-0.15, -0.1) is 11.3 Å². The smallest absolute Gasteiger partial charge is 0.332 e. The first-order chi connectivity index (χ1) is 22.6. The van der Waals surface area contributed by atoms with Crippen LogP contribution in [0.5, 0.6) is 11.5 Å². The van der Waals surface area contributed by atoms with E-state index in [-0.39, 0.29) is 43.3 Å². The summed E-state index contributed by atoms with van der Waals surface area (Å²) in [4.78, 5) is 53.9. The summed E-state index contributed by atoms with van der Waals surface area (Å²) in [5.74, 6) is 0.567. The van der Waals surface area contributed by atoms with E-state index < -0.39 is 23.7 Å². The molecule has 3 amide bonds. The molecule has 250 valence electrons. The molecule has 3 aromatic rings. The molecule has 1 N–H and O–H groups in total. The summed E-state index contributed by atoms with van der Waals surface area (Å²) >= 11 is 1.53. The third-order valence-electron chi connectivity index (χ3n) is 9.23. The Bertz CT molecular complexity index is 1690. The number of carbonyl (C=O) groups excluding carboxylic acids is 3. The number of pyridine rings is 1. The fourth-order valence-electron chi connectivity index (χ4n) is 6.40. The van der Waals surface area contributed by atoms with Gasteiger partial charge in [-0.3, -0.25) is 4.79 Å². The van der Waals surface area contributed by atoms with Crippen LogP contribution < -0.4 is 14.8 Å². The van der Waals surface area contributed by atoms with Crippen LogP contribution in [0.25, 0.3) is 21.6 Å². The van der Waals surface area contributed by atoms with Crippen LogP contribution in [-0.2, 0) is 14.3 Å². The average molecular weight is 662 g/mol. The van der Waals surface area contributed by atoms with Crippen molar-refractivity contribution in [2.45, 2.75) is 76.5 Å². The van der Waals surface area contributed by atoms with Crippen LogP contribution in [-0.4, -0.2) is 89.2 Å². The molecule has 3 aliphatic rings. The van der Waals surface area contributed by atoms with Gasteiger partial charge in [0.1, 0.15) is 39.9 Å². The number of aromatic nitrogens is 2. The number of ether oxygens (including phenoxy) is 3. The van der Waals surface area contributed by atoms with Crippen LogP contribution in [0.2, 0.25) is 0 Å². The Hall–Kier alpha value is -4.19. The zero-order chi connectivity index (χ0) is 33.3. The lowest BCUT2D eigenvalue weighted by atomic mass is 10.1. The number of nitrogens with zero attached hydrogens (tertiary/aromatic N) is 4. The third-order valence-corrected chi connectivity index (χ3v) is 10.1. The number of allylic oxidation sites excluding steroid dienone is 1. The average Bonchev–Trinajstić information content (AvgIpc) is 3.36. The van der Waals surface area contributed by atoms with Gasteiger partial charge in [0.15, 0.2) is 0 Å². The molecule has 1 aliphatic carbocycles. The minimum atomic E-state index is -1.12. The molecular weight excluding hydrogens is 618 g/mol. The van der Waals surface area contributed by atoms with Gasteiger partial charge in [-0.25, -0.2) is 19.6 Å². The SMILES string of the molecule is CCOC(=O)[C@@]12C[C@@H]1/C=C\CCCCN(C)C(=O)N1C[C@H](Oc3cc(-c4nc(C(C)C)cs4)nc4cc(OC)ccc34)C[C@H]1C(=O)N2. The van der Waals surface area contributed by atoms with Crippen LogP contribution >= 0.6 is 11.3 Å². The van der Waals surface area contributed by atoms with E-state index in [0.717, 1.165) is 35.4 Å². The molecule has 2 fully saturated rings. The zero-order valence-corrected chi connectivity index (χ0v) is 28.5. The number of carbonyl (C=O) groups is 3. The number of urea groups is 1. The van der Waals surface area contributed by atoms with E-state index in [2.05, 4.69) is 25.2 Å². The second-order valence-electron chi connectivity index (χ2n) is 12.9. The second kappa shape index (κ2) is 13.5. The molecule has 11 nitrogen and oxygen atoms in total.